The lowest BCUT2D eigenvalue weighted by Gasteiger charge is -2.10. The van der Waals surface area contributed by atoms with Crippen molar-refractivity contribution in [3.8, 4) is 28.9 Å². The number of benzene rings is 1. The van der Waals surface area contributed by atoms with E-state index in [2.05, 4.69) is 15.0 Å². The van der Waals surface area contributed by atoms with Crippen molar-refractivity contribution in [2.45, 2.75) is 6.42 Å². The first-order valence-corrected chi connectivity index (χ1v) is 8.06. The molecular weight excluding hydrogens is 334 g/mol. The van der Waals surface area contributed by atoms with Crippen LogP contribution in [0.15, 0.2) is 53.5 Å². The number of hydrogen-bond donors (Lipinski definition) is 1. The van der Waals surface area contributed by atoms with Gasteiger partial charge < -0.3 is 19.2 Å². The first-order valence-electron chi connectivity index (χ1n) is 8.06. The van der Waals surface area contributed by atoms with Crippen molar-refractivity contribution in [3.63, 3.8) is 0 Å². The molecule has 3 aromatic rings. The largest absolute Gasteiger partial charge is 0.487 e. The monoisotopic (exact) mass is 353 g/mol. The van der Waals surface area contributed by atoms with Gasteiger partial charge in [0.15, 0.2) is 5.82 Å². The van der Waals surface area contributed by atoms with Crippen LogP contribution >= 0.6 is 0 Å². The quantitative estimate of drug-likeness (QED) is 0.703. The lowest BCUT2D eigenvalue weighted by atomic mass is 10.1. The van der Waals surface area contributed by atoms with Crippen LogP contribution in [0.1, 0.15) is 5.56 Å². The summed E-state index contributed by atoms with van der Waals surface area (Å²) in [5.41, 5.74) is 1.22. The van der Waals surface area contributed by atoms with Crippen LogP contribution in [0.4, 0.5) is 0 Å². The third-order valence-corrected chi connectivity index (χ3v) is 3.69. The molecule has 134 valence electrons. The molecule has 0 aliphatic rings. The summed E-state index contributed by atoms with van der Waals surface area (Å²) in [5, 5.41) is 0. The summed E-state index contributed by atoms with van der Waals surface area (Å²) in [4.78, 5) is 23.5. The molecule has 7 heteroatoms. The van der Waals surface area contributed by atoms with Gasteiger partial charge in [-0.25, -0.2) is 0 Å². The lowest BCUT2D eigenvalue weighted by Crippen LogP contribution is -2.14. The third kappa shape index (κ3) is 4.07. The van der Waals surface area contributed by atoms with E-state index in [1.165, 1.54) is 7.11 Å². The Morgan fingerprint density at radius 3 is 2.54 bits per heavy atom. The van der Waals surface area contributed by atoms with E-state index >= 15 is 0 Å². The first kappa shape index (κ1) is 17.6. The molecule has 0 aliphatic carbocycles. The normalized spacial score (nSPS) is 10.5. The van der Waals surface area contributed by atoms with Gasteiger partial charge in [-0.15, -0.1) is 0 Å². The van der Waals surface area contributed by atoms with Crippen LogP contribution < -0.4 is 15.0 Å². The van der Waals surface area contributed by atoms with E-state index in [9.17, 15) is 4.79 Å². The zero-order valence-electron chi connectivity index (χ0n) is 14.6. The fourth-order valence-corrected chi connectivity index (χ4v) is 2.37. The van der Waals surface area contributed by atoms with E-state index in [0.717, 1.165) is 12.0 Å². The molecule has 2 heterocycles. The SMILES string of the molecule is COCCc1ccc(Oc2nc(-c3ccccn3)[nH]c(=O)c2OC)cc1. The summed E-state index contributed by atoms with van der Waals surface area (Å²) < 4.78 is 16.0. The molecule has 0 spiro atoms. The fourth-order valence-electron chi connectivity index (χ4n) is 2.37. The average Bonchev–Trinajstić information content (AvgIpc) is 2.68. The van der Waals surface area contributed by atoms with E-state index < -0.39 is 5.56 Å². The fraction of sp³-hybridized carbons (Fsp3) is 0.211. The Bertz CT molecular complexity index is 908. The summed E-state index contributed by atoms with van der Waals surface area (Å²) in [7, 11) is 3.06. The zero-order chi connectivity index (χ0) is 18.4. The minimum atomic E-state index is -0.435. The topological polar surface area (TPSA) is 86.3 Å². The molecule has 0 atom stereocenters. The van der Waals surface area contributed by atoms with Crippen molar-refractivity contribution in [2.24, 2.45) is 0 Å². The molecule has 1 aromatic carbocycles. The Balaban J connectivity index is 1.91. The van der Waals surface area contributed by atoms with Crippen molar-refractivity contribution < 1.29 is 14.2 Å². The second kappa shape index (κ2) is 8.26. The Labute approximate surface area is 150 Å². The number of nitrogens with zero attached hydrogens (tertiary/aromatic N) is 2. The van der Waals surface area contributed by atoms with E-state index in [1.54, 1.807) is 25.4 Å². The summed E-state index contributed by atoms with van der Waals surface area (Å²) >= 11 is 0. The highest BCUT2D eigenvalue weighted by Gasteiger charge is 2.16. The van der Waals surface area contributed by atoms with Gasteiger partial charge in [-0.3, -0.25) is 9.78 Å². The Morgan fingerprint density at radius 2 is 1.88 bits per heavy atom. The van der Waals surface area contributed by atoms with Gasteiger partial charge in [-0.1, -0.05) is 18.2 Å². The number of aromatic nitrogens is 3. The second-order valence-electron chi connectivity index (χ2n) is 5.46. The van der Waals surface area contributed by atoms with Crippen LogP contribution in [0.2, 0.25) is 0 Å². The van der Waals surface area contributed by atoms with E-state index in [1.807, 2.05) is 30.3 Å². The number of ether oxygens (including phenoxy) is 3. The van der Waals surface area contributed by atoms with Crippen LogP contribution in [0, 0.1) is 0 Å². The van der Waals surface area contributed by atoms with Gasteiger partial charge in [-0.05, 0) is 36.2 Å². The highest BCUT2D eigenvalue weighted by molar-refractivity contribution is 5.51. The molecule has 0 saturated carbocycles. The number of hydrogen-bond acceptors (Lipinski definition) is 6. The molecule has 0 unspecified atom stereocenters. The number of pyridine rings is 1. The number of rotatable bonds is 7. The van der Waals surface area contributed by atoms with Gasteiger partial charge in [0.05, 0.1) is 13.7 Å². The number of nitrogens with one attached hydrogen (secondary N) is 1. The van der Waals surface area contributed by atoms with Crippen molar-refractivity contribution in [1.29, 1.82) is 0 Å². The maximum Gasteiger partial charge on any atom is 0.297 e. The summed E-state index contributed by atoms with van der Waals surface area (Å²) in [5.74, 6) is 0.951. The first-order chi connectivity index (χ1) is 12.7. The number of aromatic amines is 1. The molecule has 0 radical (unpaired) electrons. The maximum atomic E-state index is 12.3. The predicted octanol–water partition coefficient (Wildman–Crippen LogP) is 2.82. The molecule has 0 fully saturated rings. The van der Waals surface area contributed by atoms with Gasteiger partial charge in [0, 0.05) is 13.3 Å². The van der Waals surface area contributed by atoms with Crippen molar-refractivity contribution in [3.05, 3.63) is 64.6 Å². The molecule has 0 saturated heterocycles. The Hall–Kier alpha value is -3.19. The van der Waals surface area contributed by atoms with Gasteiger partial charge in [0.1, 0.15) is 11.4 Å². The van der Waals surface area contributed by atoms with Crippen LogP contribution in [-0.2, 0) is 11.2 Å². The second-order valence-corrected chi connectivity index (χ2v) is 5.46. The van der Waals surface area contributed by atoms with Crippen LogP contribution in [0.3, 0.4) is 0 Å². The van der Waals surface area contributed by atoms with Crippen LogP contribution in [0.25, 0.3) is 11.5 Å². The smallest absolute Gasteiger partial charge is 0.297 e. The molecule has 3 rings (SSSR count). The van der Waals surface area contributed by atoms with Crippen molar-refractivity contribution >= 4 is 0 Å². The maximum absolute atomic E-state index is 12.3. The number of H-pyrrole nitrogens is 1. The van der Waals surface area contributed by atoms with Crippen molar-refractivity contribution in [2.75, 3.05) is 20.8 Å². The molecule has 0 aliphatic heterocycles. The third-order valence-electron chi connectivity index (χ3n) is 3.69. The molecule has 2 aromatic heterocycles. The minimum absolute atomic E-state index is 0.00754. The van der Waals surface area contributed by atoms with Crippen LogP contribution in [0.5, 0.6) is 17.4 Å². The van der Waals surface area contributed by atoms with E-state index in [4.69, 9.17) is 14.2 Å². The molecule has 7 nitrogen and oxygen atoms in total. The molecule has 1 N–H and O–H groups in total. The Morgan fingerprint density at radius 1 is 1.08 bits per heavy atom. The van der Waals surface area contributed by atoms with E-state index in [-0.39, 0.29) is 11.6 Å². The molecular formula is C19H19N3O4. The minimum Gasteiger partial charge on any atom is -0.487 e. The average molecular weight is 353 g/mol. The number of methoxy groups -OCH3 is 2. The predicted molar refractivity (Wildman–Crippen MR) is 96.7 cm³/mol. The molecule has 0 bridgehead atoms. The molecule has 0 amide bonds. The Kier molecular flexibility index (Phi) is 5.60. The van der Waals surface area contributed by atoms with Gasteiger partial charge in [-0.2, -0.15) is 4.98 Å². The van der Waals surface area contributed by atoms with Gasteiger partial charge >= 0.3 is 0 Å². The zero-order valence-corrected chi connectivity index (χ0v) is 14.6. The summed E-state index contributed by atoms with van der Waals surface area (Å²) in [6.07, 6.45) is 2.44. The van der Waals surface area contributed by atoms with Crippen LogP contribution in [-0.4, -0.2) is 35.8 Å². The van der Waals surface area contributed by atoms with E-state index in [0.29, 0.717) is 23.9 Å². The molecule has 26 heavy (non-hydrogen) atoms. The summed E-state index contributed by atoms with van der Waals surface area (Å²) in [6, 6.07) is 12.8. The highest BCUT2D eigenvalue weighted by Crippen LogP contribution is 2.28. The standard InChI is InChI=1S/C19H19N3O4/c1-24-12-10-13-6-8-14(9-7-13)26-19-16(25-2)18(23)21-17(22-19)15-5-3-4-11-20-15/h3-9,11H,10,12H2,1-2H3,(H,21,22,23). The summed E-state index contributed by atoms with van der Waals surface area (Å²) in [6.45, 7) is 0.650. The lowest BCUT2D eigenvalue weighted by molar-refractivity contribution is 0.202. The highest BCUT2D eigenvalue weighted by atomic mass is 16.5. The van der Waals surface area contributed by atoms with Gasteiger partial charge in [0.2, 0.25) is 5.75 Å². The van der Waals surface area contributed by atoms with Gasteiger partial charge in [0.25, 0.3) is 11.4 Å². The van der Waals surface area contributed by atoms with Crippen molar-refractivity contribution in [1.82, 2.24) is 15.0 Å².